The second-order valence-electron chi connectivity index (χ2n) is 14.6. The summed E-state index contributed by atoms with van der Waals surface area (Å²) in [6, 6.07) is 11.5. The number of carbonyl (C=O) groups excluding carboxylic acids is 2. The van der Waals surface area contributed by atoms with E-state index in [1.807, 2.05) is 17.0 Å². The van der Waals surface area contributed by atoms with Crippen molar-refractivity contribution in [3.05, 3.63) is 75.8 Å². The molecule has 2 heterocycles. The Kier molecular flexibility index (Phi) is 9.18. The molecule has 1 spiro atoms. The summed E-state index contributed by atoms with van der Waals surface area (Å²) in [6.07, 6.45) is 4.95. The van der Waals surface area contributed by atoms with Crippen LogP contribution in [-0.2, 0) is 11.3 Å². The van der Waals surface area contributed by atoms with Crippen LogP contribution in [-0.4, -0.2) is 48.7 Å². The van der Waals surface area contributed by atoms with Gasteiger partial charge in [0.25, 0.3) is 11.8 Å². The molecular weight excluding hydrogens is 593 g/mol. The number of nitrogens with one attached hydrogen (secondary N) is 2. The monoisotopic (exact) mass is 635 g/mol. The van der Waals surface area contributed by atoms with Crippen molar-refractivity contribution in [1.29, 1.82) is 0 Å². The molecule has 45 heavy (non-hydrogen) atoms. The van der Waals surface area contributed by atoms with E-state index in [1.54, 1.807) is 18.2 Å². The molecule has 1 aromatic heterocycles. The van der Waals surface area contributed by atoms with Crippen LogP contribution >= 0.6 is 11.6 Å². The molecule has 2 amide bonds. The molecule has 2 N–H and O–H groups in total. The SMILES string of the molecule is CC(C)(C)CCC(c1ccc(C(=O)NCc2nn[nH]n2)cc1)N1C(=O)C(c2ccc(F)c(Cl)c2)=NC12CCC(C(C)(C)C)CC2. The Morgan fingerprint density at radius 2 is 1.80 bits per heavy atom. The van der Waals surface area contributed by atoms with E-state index in [9.17, 15) is 14.0 Å². The van der Waals surface area contributed by atoms with Gasteiger partial charge in [0, 0.05) is 11.1 Å². The Morgan fingerprint density at radius 3 is 2.38 bits per heavy atom. The highest BCUT2D eigenvalue weighted by molar-refractivity contribution is 6.47. The van der Waals surface area contributed by atoms with Gasteiger partial charge >= 0.3 is 0 Å². The fraction of sp³-hybridized carbons (Fsp3) is 0.529. The molecule has 1 aliphatic carbocycles. The summed E-state index contributed by atoms with van der Waals surface area (Å²) in [4.78, 5) is 34.6. The number of aromatic amines is 1. The maximum absolute atomic E-state index is 14.5. The van der Waals surface area contributed by atoms with E-state index in [4.69, 9.17) is 16.6 Å². The number of carbonyl (C=O) groups is 2. The molecule has 1 atom stereocenters. The van der Waals surface area contributed by atoms with Crippen LogP contribution < -0.4 is 5.32 Å². The Morgan fingerprint density at radius 1 is 1.11 bits per heavy atom. The molecule has 1 unspecified atom stereocenters. The third kappa shape index (κ3) is 7.27. The minimum atomic E-state index is -0.724. The Hall–Kier alpha value is -3.66. The number of halogens is 2. The minimum absolute atomic E-state index is 0.0290. The summed E-state index contributed by atoms with van der Waals surface area (Å²) in [5.74, 6) is -0.0658. The van der Waals surface area contributed by atoms with Crippen molar-refractivity contribution in [3.8, 4) is 0 Å². The van der Waals surface area contributed by atoms with Gasteiger partial charge in [-0.3, -0.25) is 14.6 Å². The van der Waals surface area contributed by atoms with Crippen molar-refractivity contribution >= 4 is 29.1 Å². The lowest BCUT2D eigenvalue weighted by Crippen LogP contribution is -2.51. The molecule has 9 nitrogen and oxygen atoms in total. The van der Waals surface area contributed by atoms with Crippen LogP contribution in [0, 0.1) is 22.6 Å². The predicted octanol–water partition coefficient (Wildman–Crippen LogP) is 7.05. The second kappa shape index (κ2) is 12.6. The van der Waals surface area contributed by atoms with Crippen LogP contribution in [0.25, 0.3) is 0 Å². The van der Waals surface area contributed by atoms with Crippen molar-refractivity contribution in [2.45, 2.75) is 98.3 Å². The van der Waals surface area contributed by atoms with Crippen molar-refractivity contribution in [2.24, 2.45) is 21.7 Å². The van der Waals surface area contributed by atoms with Crippen LogP contribution in [0.4, 0.5) is 4.39 Å². The third-order valence-electron chi connectivity index (χ3n) is 9.23. The molecule has 1 fully saturated rings. The number of tetrazole rings is 1. The van der Waals surface area contributed by atoms with E-state index in [-0.39, 0.29) is 40.3 Å². The minimum Gasteiger partial charge on any atom is -0.345 e. The molecule has 3 aromatic rings. The van der Waals surface area contributed by atoms with Crippen LogP contribution in [0.15, 0.2) is 47.5 Å². The molecule has 0 bridgehead atoms. The van der Waals surface area contributed by atoms with E-state index in [0.29, 0.717) is 28.6 Å². The van der Waals surface area contributed by atoms with Crippen LogP contribution in [0.5, 0.6) is 0 Å². The molecule has 1 aliphatic heterocycles. The molecule has 11 heteroatoms. The molecule has 2 aliphatic rings. The number of nitrogens with zero attached hydrogens (tertiary/aromatic N) is 5. The lowest BCUT2D eigenvalue weighted by molar-refractivity contribution is -0.134. The third-order valence-corrected chi connectivity index (χ3v) is 9.52. The van der Waals surface area contributed by atoms with Crippen molar-refractivity contribution in [2.75, 3.05) is 0 Å². The van der Waals surface area contributed by atoms with Gasteiger partial charge in [-0.05, 0) is 91.2 Å². The lowest BCUT2D eigenvalue weighted by Gasteiger charge is -2.47. The molecule has 5 rings (SSSR count). The maximum atomic E-state index is 14.5. The zero-order valence-electron chi connectivity index (χ0n) is 27.0. The summed E-state index contributed by atoms with van der Waals surface area (Å²) in [5, 5.41) is 16.4. The number of benzene rings is 2. The van der Waals surface area contributed by atoms with Gasteiger partial charge in [0.1, 0.15) is 17.2 Å². The zero-order valence-corrected chi connectivity index (χ0v) is 27.7. The van der Waals surface area contributed by atoms with E-state index in [0.717, 1.165) is 44.1 Å². The molecule has 1 saturated carbocycles. The highest BCUT2D eigenvalue weighted by Gasteiger charge is 2.52. The second-order valence-corrected chi connectivity index (χ2v) is 15.0. The summed E-state index contributed by atoms with van der Waals surface area (Å²) in [6.45, 7) is 13.6. The van der Waals surface area contributed by atoms with Gasteiger partial charge < -0.3 is 10.2 Å². The maximum Gasteiger partial charge on any atom is 0.275 e. The van der Waals surface area contributed by atoms with Gasteiger partial charge in [0.05, 0.1) is 17.6 Å². The first-order chi connectivity index (χ1) is 21.2. The largest absolute Gasteiger partial charge is 0.345 e. The van der Waals surface area contributed by atoms with Crippen LogP contribution in [0.2, 0.25) is 5.02 Å². The number of rotatable bonds is 8. The molecular formula is C34H43ClFN7O2. The fourth-order valence-corrected chi connectivity index (χ4v) is 6.75. The van der Waals surface area contributed by atoms with Gasteiger partial charge in [-0.15, -0.1) is 10.2 Å². The number of hydrogen-bond donors (Lipinski definition) is 2. The van der Waals surface area contributed by atoms with Crippen molar-refractivity contribution in [1.82, 2.24) is 30.8 Å². The highest BCUT2D eigenvalue weighted by Crippen LogP contribution is 2.50. The highest BCUT2D eigenvalue weighted by atomic mass is 35.5. The summed E-state index contributed by atoms with van der Waals surface area (Å²) >= 11 is 6.17. The average Bonchev–Trinajstić information content (AvgIpc) is 3.60. The van der Waals surface area contributed by atoms with Gasteiger partial charge in [-0.1, -0.05) is 70.5 Å². The summed E-state index contributed by atoms with van der Waals surface area (Å²) in [5.41, 5.74) is 1.73. The molecule has 0 radical (unpaired) electrons. The quantitative estimate of drug-likeness (QED) is 0.275. The molecule has 2 aromatic carbocycles. The zero-order chi connectivity index (χ0) is 32.6. The Bertz CT molecular complexity index is 1550. The van der Waals surface area contributed by atoms with Gasteiger partial charge in [0.15, 0.2) is 5.82 Å². The first kappa shape index (κ1) is 32.7. The molecule has 240 valence electrons. The first-order valence-corrected chi connectivity index (χ1v) is 16.0. The van der Waals surface area contributed by atoms with Crippen molar-refractivity contribution in [3.63, 3.8) is 0 Å². The number of aliphatic imine (C=N–C) groups is 1. The van der Waals surface area contributed by atoms with E-state index < -0.39 is 11.5 Å². The standard InChI is InChI=1S/C34H43ClFN7O2/c1-32(2,3)16-15-27(21-7-9-22(10-8-21)30(44)37-20-28-39-41-42-40-28)43-31(45)29(23-11-12-26(36)25(35)19-23)38-34(43)17-13-24(14-18-34)33(4,5)6/h7-12,19,24,27H,13-18,20H2,1-6H3,(H,37,44)(H,39,40,41,42). The fourth-order valence-electron chi connectivity index (χ4n) is 6.56. The molecule has 0 saturated heterocycles. The normalized spacial score (nSPS) is 21.2. The average molecular weight is 636 g/mol. The van der Waals surface area contributed by atoms with Gasteiger partial charge in [-0.25, -0.2) is 4.39 Å². The van der Waals surface area contributed by atoms with Gasteiger partial charge in [0.2, 0.25) is 0 Å². The first-order valence-electron chi connectivity index (χ1n) is 15.7. The van der Waals surface area contributed by atoms with Gasteiger partial charge in [-0.2, -0.15) is 5.21 Å². The van der Waals surface area contributed by atoms with Crippen LogP contribution in [0.3, 0.4) is 0 Å². The lowest BCUT2D eigenvalue weighted by atomic mass is 9.69. The topological polar surface area (TPSA) is 116 Å². The van der Waals surface area contributed by atoms with Crippen LogP contribution in [0.1, 0.15) is 113 Å². The predicted molar refractivity (Wildman–Crippen MR) is 172 cm³/mol. The van der Waals surface area contributed by atoms with E-state index >= 15 is 0 Å². The summed E-state index contributed by atoms with van der Waals surface area (Å²) in [7, 11) is 0. The Balaban J connectivity index is 1.50. The Labute approximate surface area is 269 Å². The van der Waals surface area contributed by atoms with E-state index in [1.165, 1.54) is 12.1 Å². The smallest absolute Gasteiger partial charge is 0.275 e. The number of hydrogen-bond acceptors (Lipinski definition) is 6. The number of H-pyrrole nitrogens is 1. The van der Waals surface area contributed by atoms with Crippen molar-refractivity contribution < 1.29 is 14.0 Å². The van der Waals surface area contributed by atoms with E-state index in [2.05, 4.69) is 67.5 Å². The number of amides is 2. The number of aromatic nitrogens is 4. The summed E-state index contributed by atoms with van der Waals surface area (Å²) < 4.78 is 14.1.